The van der Waals surface area contributed by atoms with Crippen molar-refractivity contribution in [2.45, 2.75) is 4.90 Å². The van der Waals surface area contributed by atoms with Crippen LogP contribution in [0.15, 0.2) is 29.2 Å². The third-order valence-corrected chi connectivity index (χ3v) is 2.02. The van der Waals surface area contributed by atoms with E-state index in [0.29, 0.717) is 10.5 Å². The maximum Gasteiger partial charge on any atom is 0.404 e. The Bertz CT molecular complexity index is 395. The molecule has 0 unspecified atom stereocenters. The predicted molar refractivity (Wildman–Crippen MR) is 61.6 cm³/mol. The molecule has 1 aromatic carbocycles. The number of nitrogens with one attached hydrogen (secondary N) is 1. The molecule has 0 heterocycles. The van der Waals surface area contributed by atoms with E-state index in [1.54, 1.807) is 24.3 Å². The van der Waals surface area contributed by atoms with Gasteiger partial charge in [0.2, 0.25) is 0 Å². The van der Waals surface area contributed by atoms with E-state index in [1.165, 1.54) is 0 Å². The molecule has 3 N–H and O–H groups in total. The molecule has 1 rings (SSSR count). The lowest BCUT2D eigenvalue weighted by molar-refractivity contribution is 0.0936. The maximum atomic E-state index is 11.5. The third-order valence-electron chi connectivity index (χ3n) is 1.74. The smallest absolute Gasteiger partial charge is 0.404 e. The van der Waals surface area contributed by atoms with Crippen LogP contribution in [-0.4, -0.2) is 25.2 Å². The molecular weight excluding hydrogens is 228 g/mol. The predicted octanol–water partition coefficient (Wildman–Crippen LogP) is 0.800. The van der Waals surface area contributed by atoms with Crippen molar-refractivity contribution in [3.8, 4) is 0 Å². The lowest BCUT2D eigenvalue weighted by Crippen LogP contribution is -2.28. The summed E-state index contributed by atoms with van der Waals surface area (Å²) in [5.74, 6) is -0.246. The first kappa shape index (κ1) is 12.4. The standard InChI is InChI=1S/C10H12N2O3S/c11-10(14)15-5-4-12-9(13)7-2-1-3-8(16)6-7/h1-3,6,16H,4-5H2,(H2,11,14)(H,12,13). The van der Waals surface area contributed by atoms with Crippen LogP contribution >= 0.6 is 12.6 Å². The first-order valence-corrected chi connectivity index (χ1v) is 5.04. The Kier molecular flexibility index (Phi) is 4.65. The van der Waals surface area contributed by atoms with Crippen molar-refractivity contribution < 1.29 is 14.3 Å². The molecule has 0 radical (unpaired) electrons. The molecule has 0 saturated heterocycles. The zero-order valence-corrected chi connectivity index (χ0v) is 9.37. The van der Waals surface area contributed by atoms with Gasteiger partial charge in [-0.15, -0.1) is 12.6 Å². The summed E-state index contributed by atoms with van der Waals surface area (Å²) in [6.45, 7) is 0.278. The number of amides is 2. The van der Waals surface area contributed by atoms with Crippen LogP contribution in [0.1, 0.15) is 10.4 Å². The second kappa shape index (κ2) is 6.02. The minimum absolute atomic E-state index is 0.0572. The van der Waals surface area contributed by atoms with Crippen molar-refractivity contribution in [3.63, 3.8) is 0 Å². The molecule has 0 fully saturated rings. The normalized spacial score (nSPS) is 9.56. The van der Waals surface area contributed by atoms with Crippen LogP contribution in [0.25, 0.3) is 0 Å². The molecule has 0 bridgehead atoms. The fraction of sp³-hybridized carbons (Fsp3) is 0.200. The number of hydrogen-bond acceptors (Lipinski definition) is 4. The van der Waals surface area contributed by atoms with Crippen molar-refractivity contribution in [1.29, 1.82) is 0 Å². The highest BCUT2D eigenvalue weighted by atomic mass is 32.1. The molecule has 0 aromatic heterocycles. The Morgan fingerprint density at radius 2 is 2.19 bits per heavy atom. The number of benzene rings is 1. The summed E-state index contributed by atoms with van der Waals surface area (Å²) >= 11 is 4.12. The van der Waals surface area contributed by atoms with Crippen molar-refractivity contribution in [2.75, 3.05) is 13.2 Å². The average molecular weight is 240 g/mol. The molecule has 6 heteroatoms. The number of nitrogens with two attached hydrogens (primary N) is 1. The first-order chi connectivity index (χ1) is 7.59. The third kappa shape index (κ3) is 4.22. The number of rotatable bonds is 4. The molecule has 0 aliphatic rings. The van der Waals surface area contributed by atoms with Crippen molar-refractivity contribution in [1.82, 2.24) is 5.32 Å². The van der Waals surface area contributed by atoms with Gasteiger partial charge in [0.25, 0.3) is 5.91 Å². The molecule has 16 heavy (non-hydrogen) atoms. The number of carbonyl (C=O) groups excluding carboxylic acids is 2. The topological polar surface area (TPSA) is 81.4 Å². The van der Waals surface area contributed by atoms with Crippen LogP contribution < -0.4 is 11.1 Å². The molecule has 86 valence electrons. The van der Waals surface area contributed by atoms with Crippen molar-refractivity contribution in [3.05, 3.63) is 29.8 Å². The van der Waals surface area contributed by atoms with Gasteiger partial charge in [-0.2, -0.15) is 0 Å². The summed E-state index contributed by atoms with van der Waals surface area (Å²) in [5, 5.41) is 2.58. The van der Waals surface area contributed by atoms with E-state index in [0.717, 1.165) is 0 Å². The zero-order chi connectivity index (χ0) is 12.0. The van der Waals surface area contributed by atoms with Crippen LogP contribution in [0.2, 0.25) is 0 Å². The Labute approximate surface area is 98.4 Å². The number of carbonyl (C=O) groups is 2. The summed E-state index contributed by atoms with van der Waals surface area (Å²) in [6.07, 6.45) is -0.855. The average Bonchev–Trinajstić information content (AvgIpc) is 2.24. The fourth-order valence-corrected chi connectivity index (χ4v) is 1.29. The van der Waals surface area contributed by atoms with Crippen LogP contribution in [-0.2, 0) is 4.74 Å². The molecule has 0 saturated carbocycles. The number of hydrogen-bond donors (Lipinski definition) is 3. The van der Waals surface area contributed by atoms with Crippen LogP contribution in [0, 0.1) is 0 Å². The van der Waals surface area contributed by atoms with E-state index in [4.69, 9.17) is 5.73 Å². The van der Waals surface area contributed by atoms with Crippen LogP contribution in [0.3, 0.4) is 0 Å². The molecular formula is C10H12N2O3S. The van der Waals surface area contributed by atoms with Gasteiger partial charge < -0.3 is 15.8 Å². The highest BCUT2D eigenvalue weighted by Crippen LogP contribution is 2.08. The number of thiol groups is 1. The molecule has 0 atom stereocenters. The van der Waals surface area contributed by atoms with Crippen molar-refractivity contribution >= 4 is 24.6 Å². The Balaban J connectivity index is 2.38. The van der Waals surface area contributed by atoms with Gasteiger partial charge in [-0.05, 0) is 18.2 Å². The highest BCUT2D eigenvalue weighted by Gasteiger charge is 2.04. The zero-order valence-electron chi connectivity index (χ0n) is 8.47. The van der Waals surface area contributed by atoms with Gasteiger partial charge in [-0.1, -0.05) is 6.07 Å². The number of ether oxygens (including phenoxy) is 1. The van der Waals surface area contributed by atoms with E-state index in [2.05, 4.69) is 22.7 Å². The van der Waals surface area contributed by atoms with Gasteiger partial charge in [-0.25, -0.2) is 4.79 Å². The summed E-state index contributed by atoms with van der Waals surface area (Å²) in [4.78, 5) is 22.5. The highest BCUT2D eigenvalue weighted by molar-refractivity contribution is 7.80. The fourth-order valence-electron chi connectivity index (χ4n) is 1.07. The van der Waals surface area contributed by atoms with E-state index in [1.807, 2.05) is 0 Å². The van der Waals surface area contributed by atoms with Gasteiger partial charge in [0.1, 0.15) is 6.61 Å². The maximum absolute atomic E-state index is 11.5. The van der Waals surface area contributed by atoms with E-state index >= 15 is 0 Å². The lowest BCUT2D eigenvalue weighted by atomic mass is 10.2. The summed E-state index contributed by atoms with van der Waals surface area (Å²) in [5.41, 5.74) is 5.26. The quantitative estimate of drug-likeness (QED) is 0.538. The van der Waals surface area contributed by atoms with Crippen molar-refractivity contribution in [2.24, 2.45) is 5.73 Å². The number of primary amides is 1. The molecule has 0 aliphatic carbocycles. The SMILES string of the molecule is NC(=O)OCCNC(=O)c1cccc(S)c1. The summed E-state index contributed by atoms with van der Waals surface area (Å²) in [7, 11) is 0. The van der Waals surface area contributed by atoms with Gasteiger partial charge in [-0.3, -0.25) is 4.79 Å². The second-order valence-electron chi connectivity index (χ2n) is 2.97. The van der Waals surface area contributed by atoms with E-state index < -0.39 is 6.09 Å². The first-order valence-electron chi connectivity index (χ1n) is 4.59. The Morgan fingerprint density at radius 1 is 1.44 bits per heavy atom. The van der Waals surface area contributed by atoms with Gasteiger partial charge in [0.15, 0.2) is 0 Å². The molecule has 2 amide bonds. The monoisotopic (exact) mass is 240 g/mol. The lowest BCUT2D eigenvalue weighted by Gasteiger charge is -2.05. The van der Waals surface area contributed by atoms with Crippen LogP contribution in [0.5, 0.6) is 0 Å². The Morgan fingerprint density at radius 3 is 2.81 bits per heavy atom. The Hall–Kier alpha value is -1.69. The van der Waals surface area contributed by atoms with Gasteiger partial charge >= 0.3 is 6.09 Å². The van der Waals surface area contributed by atoms with E-state index in [9.17, 15) is 9.59 Å². The van der Waals surface area contributed by atoms with Gasteiger partial charge in [0.05, 0.1) is 6.54 Å². The van der Waals surface area contributed by atoms with Gasteiger partial charge in [0, 0.05) is 10.5 Å². The molecule has 0 spiro atoms. The molecule has 5 nitrogen and oxygen atoms in total. The largest absolute Gasteiger partial charge is 0.448 e. The molecule has 1 aromatic rings. The second-order valence-corrected chi connectivity index (χ2v) is 3.49. The minimum atomic E-state index is -0.855. The molecule has 0 aliphatic heterocycles. The summed E-state index contributed by atoms with van der Waals surface area (Å²) in [6, 6.07) is 6.82. The summed E-state index contributed by atoms with van der Waals surface area (Å²) < 4.78 is 4.46. The van der Waals surface area contributed by atoms with Crippen LogP contribution in [0.4, 0.5) is 4.79 Å². The van der Waals surface area contributed by atoms with E-state index in [-0.39, 0.29) is 19.1 Å². The minimum Gasteiger partial charge on any atom is -0.448 e.